The lowest BCUT2D eigenvalue weighted by molar-refractivity contribution is 0.612. The van der Waals surface area contributed by atoms with Gasteiger partial charge in [0.25, 0.3) is 0 Å². The Morgan fingerprint density at radius 1 is 0.867 bits per heavy atom. The van der Waals surface area contributed by atoms with Crippen LogP contribution in [0.25, 0.3) is 0 Å². The molecule has 0 aromatic rings. The van der Waals surface area contributed by atoms with Crippen LogP contribution in [0.5, 0.6) is 0 Å². The molecule has 0 atom stereocenters. The van der Waals surface area contributed by atoms with Gasteiger partial charge in [-0.1, -0.05) is 24.3 Å². The molecule has 0 aliphatic rings. The van der Waals surface area contributed by atoms with Gasteiger partial charge < -0.3 is 0 Å². The zero-order valence-electron chi connectivity index (χ0n) is 9.79. The summed E-state index contributed by atoms with van der Waals surface area (Å²) in [5.41, 5.74) is 2.83. The summed E-state index contributed by atoms with van der Waals surface area (Å²) in [7, 11) is -3.32. The number of allylic oxidation sites excluding steroid dienone is 4. The lowest BCUT2D eigenvalue weighted by atomic mass is 10.2. The van der Waals surface area contributed by atoms with E-state index in [1.54, 1.807) is 27.7 Å². The molecule has 0 fully saturated rings. The van der Waals surface area contributed by atoms with Gasteiger partial charge in [-0.25, -0.2) is 8.42 Å². The van der Waals surface area contributed by atoms with Crippen molar-refractivity contribution in [2.75, 3.05) is 0 Å². The first-order chi connectivity index (χ1) is 6.65. The van der Waals surface area contributed by atoms with E-state index in [-0.39, 0.29) is 0 Å². The average molecular weight is 226 g/mol. The molecule has 0 aromatic carbocycles. The van der Waals surface area contributed by atoms with Crippen LogP contribution in [0.2, 0.25) is 0 Å². The predicted octanol–water partition coefficient (Wildman–Crippen LogP) is 3.36. The summed E-state index contributed by atoms with van der Waals surface area (Å²) in [4.78, 5) is 0. The van der Waals surface area contributed by atoms with Gasteiger partial charge in [0.15, 0.2) is 9.84 Å². The topological polar surface area (TPSA) is 34.1 Å². The van der Waals surface area contributed by atoms with Crippen molar-refractivity contribution in [2.24, 2.45) is 0 Å². The zero-order valence-corrected chi connectivity index (χ0v) is 10.6. The van der Waals surface area contributed by atoms with Gasteiger partial charge in [0, 0.05) is 10.8 Å². The van der Waals surface area contributed by atoms with Crippen molar-refractivity contribution in [1.82, 2.24) is 0 Å². The monoisotopic (exact) mass is 226 g/mol. The fourth-order valence-electron chi connectivity index (χ4n) is 0.728. The van der Waals surface area contributed by atoms with E-state index in [2.05, 4.69) is 13.2 Å². The van der Waals surface area contributed by atoms with Crippen molar-refractivity contribution in [1.29, 1.82) is 0 Å². The molecule has 3 heteroatoms. The Hall–Kier alpha value is -1.09. The highest BCUT2D eigenvalue weighted by Crippen LogP contribution is 2.13. The first-order valence-electron chi connectivity index (χ1n) is 4.59. The largest absolute Gasteiger partial charge is 0.220 e. The highest BCUT2D eigenvalue weighted by atomic mass is 32.2. The smallest absolute Gasteiger partial charge is 0.193 e. The van der Waals surface area contributed by atoms with E-state index in [0.717, 1.165) is 11.1 Å². The Kier molecular flexibility index (Phi) is 4.75. The van der Waals surface area contributed by atoms with Crippen molar-refractivity contribution in [3.05, 3.63) is 46.3 Å². The molecule has 0 aliphatic heterocycles. The van der Waals surface area contributed by atoms with E-state index in [1.807, 2.05) is 0 Å². The van der Waals surface area contributed by atoms with Crippen LogP contribution in [0.15, 0.2) is 46.3 Å². The third-order valence-corrected chi connectivity index (χ3v) is 3.39. The van der Waals surface area contributed by atoms with Gasteiger partial charge in [-0.15, -0.1) is 0 Å². The fraction of sp³-hybridized carbons (Fsp3) is 0.333. The van der Waals surface area contributed by atoms with Gasteiger partial charge in [-0.2, -0.15) is 0 Å². The summed E-state index contributed by atoms with van der Waals surface area (Å²) >= 11 is 0. The molecule has 2 nitrogen and oxygen atoms in total. The lowest BCUT2D eigenvalue weighted by Gasteiger charge is -2.00. The first-order valence-corrected chi connectivity index (χ1v) is 6.20. The molecule has 0 N–H and O–H groups in total. The molecule has 0 saturated carbocycles. The zero-order chi connectivity index (χ0) is 12.2. The second-order valence-corrected chi connectivity index (χ2v) is 5.40. The molecule has 0 aromatic heterocycles. The van der Waals surface area contributed by atoms with E-state index < -0.39 is 9.84 Å². The number of hydrogen-bond acceptors (Lipinski definition) is 2. The Morgan fingerprint density at radius 2 is 1.13 bits per heavy atom. The molecule has 0 aliphatic carbocycles. The van der Waals surface area contributed by atoms with Crippen LogP contribution < -0.4 is 0 Å². The second-order valence-electron chi connectivity index (χ2n) is 3.75. The summed E-state index contributed by atoms with van der Waals surface area (Å²) < 4.78 is 23.3. The van der Waals surface area contributed by atoms with Crippen LogP contribution in [0.3, 0.4) is 0 Å². The van der Waals surface area contributed by atoms with Crippen LogP contribution in [0, 0.1) is 0 Å². The van der Waals surface area contributed by atoms with Gasteiger partial charge >= 0.3 is 0 Å². The highest BCUT2D eigenvalue weighted by molar-refractivity contribution is 7.97. The van der Waals surface area contributed by atoms with Gasteiger partial charge in [0.1, 0.15) is 0 Å². The molecule has 0 bridgehead atoms. The lowest BCUT2D eigenvalue weighted by Crippen LogP contribution is -1.94. The molecule has 84 valence electrons. The minimum absolute atomic E-state index is 0.667. The molecule has 0 heterocycles. The molecular weight excluding hydrogens is 208 g/mol. The highest BCUT2D eigenvalue weighted by Gasteiger charge is 2.05. The van der Waals surface area contributed by atoms with Crippen molar-refractivity contribution >= 4 is 9.84 Å². The molecule has 0 saturated heterocycles. The van der Waals surface area contributed by atoms with Gasteiger partial charge in [0.05, 0.1) is 0 Å². The Bertz CT molecular complexity index is 398. The third kappa shape index (κ3) is 5.37. The number of rotatable bonds is 4. The van der Waals surface area contributed by atoms with Crippen molar-refractivity contribution < 1.29 is 8.42 Å². The van der Waals surface area contributed by atoms with Crippen molar-refractivity contribution in [3.8, 4) is 0 Å². The molecule has 0 rings (SSSR count). The van der Waals surface area contributed by atoms with Gasteiger partial charge in [0.2, 0.25) is 0 Å². The maximum Gasteiger partial charge on any atom is 0.193 e. The fourth-order valence-corrected chi connectivity index (χ4v) is 2.18. The van der Waals surface area contributed by atoms with Gasteiger partial charge in [-0.3, -0.25) is 0 Å². The summed E-state index contributed by atoms with van der Waals surface area (Å²) in [6.45, 7) is 14.4. The minimum atomic E-state index is -3.32. The maximum absolute atomic E-state index is 11.6. The summed E-state index contributed by atoms with van der Waals surface area (Å²) in [5, 5.41) is 2.45. The SMILES string of the molecule is C=C(C)C(C)=CS(=O)(=O)C=C(C)C(=C)C. The van der Waals surface area contributed by atoms with Crippen LogP contribution in [0.1, 0.15) is 27.7 Å². The van der Waals surface area contributed by atoms with Crippen LogP contribution >= 0.6 is 0 Å². The van der Waals surface area contributed by atoms with Crippen LogP contribution in [-0.2, 0) is 9.84 Å². The molecule has 0 radical (unpaired) electrons. The van der Waals surface area contributed by atoms with Crippen LogP contribution in [0.4, 0.5) is 0 Å². The normalized spacial score (nSPS) is 13.9. The van der Waals surface area contributed by atoms with Crippen molar-refractivity contribution in [3.63, 3.8) is 0 Å². The standard InChI is InChI=1S/C12H18O2S/c1-9(2)11(5)7-15(13,14)8-12(6)10(3)4/h7-8H,1,3H2,2,4-6H3. The minimum Gasteiger partial charge on any atom is -0.220 e. The second kappa shape index (κ2) is 5.12. The molecule has 15 heavy (non-hydrogen) atoms. The summed E-state index contributed by atoms with van der Waals surface area (Å²) in [5.74, 6) is 0. The maximum atomic E-state index is 11.6. The average Bonchev–Trinajstić information content (AvgIpc) is 2.01. The van der Waals surface area contributed by atoms with Gasteiger partial charge in [-0.05, 0) is 38.8 Å². The predicted molar refractivity (Wildman–Crippen MR) is 66.1 cm³/mol. The third-order valence-electron chi connectivity index (χ3n) is 2.03. The number of hydrogen-bond donors (Lipinski definition) is 0. The quantitative estimate of drug-likeness (QED) is 0.689. The Morgan fingerprint density at radius 3 is 1.33 bits per heavy atom. The summed E-state index contributed by atoms with van der Waals surface area (Å²) in [6.07, 6.45) is 0. The van der Waals surface area contributed by atoms with E-state index >= 15 is 0 Å². The molecule has 0 spiro atoms. The molecule has 0 unspecified atom stereocenters. The van der Waals surface area contributed by atoms with Crippen LogP contribution in [-0.4, -0.2) is 8.42 Å². The summed E-state index contributed by atoms with van der Waals surface area (Å²) in [6, 6.07) is 0. The first kappa shape index (κ1) is 13.9. The number of sulfone groups is 1. The Labute approximate surface area is 92.6 Å². The van der Waals surface area contributed by atoms with Crippen molar-refractivity contribution in [2.45, 2.75) is 27.7 Å². The van der Waals surface area contributed by atoms with E-state index in [0.29, 0.717) is 11.1 Å². The molecule has 0 amide bonds. The van der Waals surface area contributed by atoms with E-state index in [9.17, 15) is 8.42 Å². The van der Waals surface area contributed by atoms with E-state index in [4.69, 9.17) is 0 Å². The Balaban J connectivity index is 5.21. The molecular formula is C12H18O2S. The van der Waals surface area contributed by atoms with E-state index in [1.165, 1.54) is 10.8 Å².